The number of benzene rings is 1. The van der Waals surface area contributed by atoms with E-state index in [1.54, 1.807) is 0 Å². The molecule has 1 aromatic rings. The summed E-state index contributed by atoms with van der Waals surface area (Å²) in [4.78, 5) is 1.32. The zero-order chi connectivity index (χ0) is 9.68. The lowest BCUT2D eigenvalue weighted by Gasteiger charge is -2.04. The van der Waals surface area contributed by atoms with E-state index in [1.165, 1.54) is 10.5 Å². The molecule has 0 aliphatic heterocycles. The van der Waals surface area contributed by atoms with Crippen LogP contribution in [-0.4, -0.2) is 5.75 Å². The Morgan fingerprint density at radius 2 is 2.31 bits per heavy atom. The maximum Gasteiger partial charge on any atom is 0.0317 e. The predicted molar refractivity (Wildman–Crippen MR) is 61.1 cm³/mol. The van der Waals surface area contributed by atoms with Crippen LogP contribution in [0.2, 0.25) is 0 Å². The molecule has 0 aliphatic carbocycles. The molecule has 0 unspecified atom stereocenters. The van der Waals surface area contributed by atoms with Crippen molar-refractivity contribution in [3.8, 4) is 0 Å². The molecule has 70 valence electrons. The molecule has 13 heavy (non-hydrogen) atoms. The summed E-state index contributed by atoms with van der Waals surface area (Å²) in [6.07, 6.45) is 2.99. The van der Waals surface area contributed by atoms with Crippen molar-refractivity contribution in [3.63, 3.8) is 0 Å². The van der Waals surface area contributed by atoms with Crippen molar-refractivity contribution in [2.75, 3.05) is 11.5 Å². The topological polar surface area (TPSA) is 26.0 Å². The fourth-order valence-corrected chi connectivity index (χ4v) is 2.04. The molecular weight excluding hydrogens is 178 g/mol. The minimum absolute atomic E-state index is 0.838. The summed E-state index contributed by atoms with van der Waals surface area (Å²) in [6, 6.07) is 6.04. The molecule has 1 nitrogen and oxygen atoms in total. The summed E-state index contributed by atoms with van der Waals surface area (Å²) in [7, 11) is 0. The first kappa shape index (κ1) is 10.2. The summed E-state index contributed by atoms with van der Waals surface area (Å²) in [5.74, 6) is 1.09. The van der Waals surface area contributed by atoms with Gasteiger partial charge in [-0.1, -0.05) is 6.08 Å². The third kappa shape index (κ3) is 3.15. The Labute approximate surface area is 84.0 Å². The van der Waals surface area contributed by atoms with Gasteiger partial charge in [-0.05, 0) is 37.1 Å². The lowest BCUT2D eigenvalue weighted by molar-refractivity contribution is 1.23. The molecule has 1 aromatic carbocycles. The highest BCUT2D eigenvalue weighted by atomic mass is 32.2. The monoisotopic (exact) mass is 193 g/mol. The maximum atomic E-state index is 5.66. The van der Waals surface area contributed by atoms with E-state index < -0.39 is 0 Å². The quantitative estimate of drug-likeness (QED) is 0.344. The zero-order valence-corrected chi connectivity index (χ0v) is 8.73. The van der Waals surface area contributed by atoms with Crippen LogP contribution >= 0.6 is 11.8 Å². The van der Waals surface area contributed by atoms with E-state index in [0.717, 1.165) is 17.9 Å². The second-order valence-electron chi connectivity index (χ2n) is 2.95. The minimum Gasteiger partial charge on any atom is -0.399 e. The van der Waals surface area contributed by atoms with Crippen molar-refractivity contribution < 1.29 is 0 Å². The number of allylic oxidation sites excluding steroid dienone is 1. The van der Waals surface area contributed by atoms with Gasteiger partial charge >= 0.3 is 0 Å². The number of aryl methyl sites for hydroxylation is 1. The first-order chi connectivity index (χ1) is 6.24. The Kier molecular flexibility index (Phi) is 3.90. The largest absolute Gasteiger partial charge is 0.399 e. The lowest BCUT2D eigenvalue weighted by atomic mass is 10.2. The van der Waals surface area contributed by atoms with Crippen molar-refractivity contribution in [2.24, 2.45) is 0 Å². The highest BCUT2D eigenvalue weighted by Crippen LogP contribution is 2.24. The Morgan fingerprint density at radius 3 is 2.92 bits per heavy atom. The molecule has 0 spiro atoms. The maximum absolute atomic E-state index is 5.66. The Balaban J connectivity index is 2.61. The second-order valence-corrected chi connectivity index (χ2v) is 4.09. The Bertz CT molecular complexity index is 294. The van der Waals surface area contributed by atoms with Gasteiger partial charge in [0, 0.05) is 16.3 Å². The summed E-state index contributed by atoms with van der Waals surface area (Å²) < 4.78 is 0. The van der Waals surface area contributed by atoms with Crippen LogP contribution in [0.25, 0.3) is 0 Å². The number of rotatable bonds is 4. The summed E-state index contributed by atoms with van der Waals surface area (Å²) in [5.41, 5.74) is 7.75. The molecule has 0 aromatic heterocycles. The standard InChI is InChI=1S/C11H15NS/c1-3-4-7-13-11-6-5-10(12)8-9(11)2/h3,5-6,8H,1,4,7,12H2,2H3. The van der Waals surface area contributed by atoms with Gasteiger partial charge in [0.1, 0.15) is 0 Å². The molecule has 2 heteroatoms. The van der Waals surface area contributed by atoms with Crippen LogP contribution < -0.4 is 5.73 Å². The van der Waals surface area contributed by atoms with Gasteiger partial charge in [-0.2, -0.15) is 0 Å². The van der Waals surface area contributed by atoms with Gasteiger partial charge in [0.2, 0.25) is 0 Å². The molecule has 0 radical (unpaired) electrons. The fraction of sp³-hybridized carbons (Fsp3) is 0.273. The second kappa shape index (κ2) is 4.97. The molecule has 0 heterocycles. The highest BCUT2D eigenvalue weighted by Gasteiger charge is 1.97. The highest BCUT2D eigenvalue weighted by molar-refractivity contribution is 7.99. The molecular formula is C11H15NS. The molecule has 2 N–H and O–H groups in total. The van der Waals surface area contributed by atoms with E-state index in [-0.39, 0.29) is 0 Å². The predicted octanol–water partition coefficient (Wildman–Crippen LogP) is 3.25. The van der Waals surface area contributed by atoms with Crippen molar-refractivity contribution >= 4 is 17.4 Å². The summed E-state index contributed by atoms with van der Waals surface area (Å²) >= 11 is 1.85. The minimum atomic E-state index is 0.838. The van der Waals surface area contributed by atoms with Crippen molar-refractivity contribution in [3.05, 3.63) is 36.4 Å². The van der Waals surface area contributed by atoms with Crippen LogP contribution in [0.15, 0.2) is 35.7 Å². The van der Waals surface area contributed by atoms with E-state index in [4.69, 9.17) is 5.73 Å². The van der Waals surface area contributed by atoms with Crippen molar-refractivity contribution in [1.82, 2.24) is 0 Å². The molecule has 0 saturated carbocycles. The van der Waals surface area contributed by atoms with Gasteiger partial charge < -0.3 is 5.73 Å². The summed E-state index contributed by atoms with van der Waals surface area (Å²) in [6.45, 7) is 5.78. The van der Waals surface area contributed by atoms with E-state index in [0.29, 0.717) is 0 Å². The fourth-order valence-electron chi connectivity index (χ4n) is 1.09. The SMILES string of the molecule is C=CCCSc1ccc(N)cc1C. The van der Waals surface area contributed by atoms with Crippen LogP contribution in [0.5, 0.6) is 0 Å². The van der Waals surface area contributed by atoms with Crippen LogP contribution in [0.1, 0.15) is 12.0 Å². The van der Waals surface area contributed by atoms with Gasteiger partial charge in [0.25, 0.3) is 0 Å². The van der Waals surface area contributed by atoms with Gasteiger partial charge in [-0.25, -0.2) is 0 Å². The van der Waals surface area contributed by atoms with Crippen LogP contribution in [0, 0.1) is 6.92 Å². The van der Waals surface area contributed by atoms with Gasteiger partial charge in [-0.15, -0.1) is 18.3 Å². The van der Waals surface area contributed by atoms with Crippen LogP contribution in [-0.2, 0) is 0 Å². The third-order valence-corrected chi connectivity index (χ3v) is 2.99. The van der Waals surface area contributed by atoms with Gasteiger partial charge in [0.15, 0.2) is 0 Å². The molecule has 0 aliphatic rings. The van der Waals surface area contributed by atoms with E-state index in [1.807, 2.05) is 30.0 Å². The number of hydrogen-bond donors (Lipinski definition) is 1. The number of nitrogen functional groups attached to an aromatic ring is 1. The smallest absolute Gasteiger partial charge is 0.0317 e. The van der Waals surface area contributed by atoms with Crippen LogP contribution in [0.3, 0.4) is 0 Å². The molecule has 0 atom stereocenters. The first-order valence-electron chi connectivity index (χ1n) is 4.34. The molecule has 1 rings (SSSR count). The molecule has 0 amide bonds. The molecule has 0 bridgehead atoms. The van der Waals surface area contributed by atoms with Crippen molar-refractivity contribution in [2.45, 2.75) is 18.2 Å². The third-order valence-electron chi connectivity index (χ3n) is 1.78. The van der Waals surface area contributed by atoms with Crippen molar-refractivity contribution in [1.29, 1.82) is 0 Å². The summed E-state index contributed by atoms with van der Waals surface area (Å²) in [5, 5.41) is 0. The molecule has 0 saturated heterocycles. The Hall–Kier alpha value is -0.890. The number of nitrogens with two attached hydrogens (primary N) is 1. The normalized spacial score (nSPS) is 9.92. The number of thioether (sulfide) groups is 1. The number of anilines is 1. The van der Waals surface area contributed by atoms with E-state index in [9.17, 15) is 0 Å². The van der Waals surface area contributed by atoms with E-state index >= 15 is 0 Å². The van der Waals surface area contributed by atoms with Crippen LogP contribution in [0.4, 0.5) is 5.69 Å². The Morgan fingerprint density at radius 1 is 1.54 bits per heavy atom. The van der Waals surface area contributed by atoms with Gasteiger partial charge in [0.05, 0.1) is 0 Å². The average molecular weight is 193 g/mol. The first-order valence-corrected chi connectivity index (χ1v) is 5.32. The number of hydrogen-bond acceptors (Lipinski definition) is 2. The zero-order valence-electron chi connectivity index (χ0n) is 7.92. The van der Waals surface area contributed by atoms with Gasteiger partial charge in [-0.3, -0.25) is 0 Å². The average Bonchev–Trinajstić information content (AvgIpc) is 2.09. The van der Waals surface area contributed by atoms with E-state index in [2.05, 4.69) is 19.6 Å². The molecule has 0 fully saturated rings. The lowest BCUT2D eigenvalue weighted by Crippen LogP contribution is -1.87.